The Morgan fingerprint density at radius 1 is 1.35 bits per heavy atom. The largest absolute Gasteiger partial charge is 0.300 e. The van der Waals surface area contributed by atoms with Crippen LogP contribution in [0.15, 0.2) is 24.3 Å². The van der Waals surface area contributed by atoms with Gasteiger partial charge in [-0.1, -0.05) is 12.1 Å². The molecular weight excluding hydrogens is 217 g/mol. The summed E-state index contributed by atoms with van der Waals surface area (Å²) in [5, 5.41) is 0. The van der Waals surface area contributed by atoms with Gasteiger partial charge in [-0.3, -0.25) is 9.69 Å². The van der Waals surface area contributed by atoms with Gasteiger partial charge in [0.05, 0.1) is 0 Å². The number of benzene rings is 1. The van der Waals surface area contributed by atoms with Gasteiger partial charge in [0.1, 0.15) is 11.6 Å². The van der Waals surface area contributed by atoms with Gasteiger partial charge in [-0.15, -0.1) is 0 Å². The monoisotopic (exact) mass is 235 g/mol. The molecule has 1 aliphatic carbocycles. The fraction of sp³-hybridized carbons (Fsp3) is 0.500. The first-order chi connectivity index (χ1) is 8.15. The number of halogens is 1. The molecule has 3 heteroatoms. The Morgan fingerprint density at radius 3 is 2.71 bits per heavy atom. The third kappa shape index (κ3) is 3.37. The first kappa shape index (κ1) is 12.2. The van der Waals surface area contributed by atoms with Crippen LogP contribution in [0.25, 0.3) is 0 Å². The predicted molar refractivity (Wildman–Crippen MR) is 65.1 cm³/mol. The minimum Gasteiger partial charge on any atom is -0.300 e. The molecule has 0 saturated heterocycles. The lowest BCUT2D eigenvalue weighted by Gasteiger charge is -2.30. The fourth-order valence-electron chi connectivity index (χ4n) is 2.38. The van der Waals surface area contributed by atoms with Gasteiger partial charge in [0.25, 0.3) is 0 Å². The molecule has 0 radical (unpaired) electrons. The van der Waals surface area contributed by atoms with Gasteiger partial charge in [-0.05, 0) is 37.6 Å². The molecule has 1 unspecified atom stereocenters. The van der Waals surface area contributed by atoms with Crippen molar-refractivity contribution in [3.05, 3.63) is 35.6 Å². The van der Waals surface area contributed by atoms with Crippen LogP contribution >= 0.6 is 0 Å². The molecule has 17 heavy (non-hydrogen) atoms. The molecule has 1 aromatic carbocycles. The summed E-state index contributed by atoms with van der Waals surface area (Å²) in [7, 11) is 2.03. The predicted octanol–water partition coefficient (Wildman–Crippen LogP) is 2.77. The lowest BCUT2D eigenvalue weighted by Crippen LogP contribution is -2.35. The van der Waals surface area contributed by atoms with Crippen LogP contribution in [-0.4, -0.2) is 23.8 Å². The SMILES string of the molecule is CN(Cc1ccc(F)cc1)C1CCCC(=O)C1. The van der Waals surface area contributed by atoms with Gasteiger partial charge in [-0.25, -0.2) is 4.39 Å². The number of Topliss-reactive ketones (excluding diaryl/α,β-unsaturated/α-hetero) is 1. The van der Waals surface area contributed by atoms with Crippen LogP contribution in [0.5, 0.6) is 0 Å². The first-order valence-electron chi connectivity index (χ1n) is 6.11. The van der Waals surface area contributed by atoms with Crippen molar-refractivity contribution in [1.82, 2.24) is 4.90 Å². The average molecular weight is 235 g/mol. The van der Waals surface area contributed by atoms with E-state index < -0.39 is 0 Å². The molecule has 0 aromatic heterocycles. The second-order valence-corrected chi connectivity index (χ2v) is 4.83. The van der Waals surface area contributed by atoms with E-state index in [1.807, 2.05) is 7.05 Å². The molecule has 1 aliphatic rings. The first-order valence-corrected chi connectivity index (χ1v) is 6.11. The number of ketones is 1. The third-order valence-corrected chi connectivity index (χ3v) is 3.42. The molecule has 0 aliphatic heterocycles. The number of carbonyl (C=O) groups excluding carboxylic acids is 1. The van der Waals surface area contributed by atoms with Gasteiger partial charge >= 0.3 is 0 Å². The van der Waals surface area contributed by atoms with E-state index in [1.165, 1.54) is 12.1 Å². The molecule has 1 atom stereocenters. The molecule has 1 fully saturated rings. The van der Waals surface area contributed by atoms with Crippen molar-refractivity contribution in [1.29, 1.82) is 0 Å². The van der Waals surface area contributed by atoms with Crippen molar-refractivity contribution < 1.29 is 9.18 Å². The van der Waals surface area contributed by atoms with Gasteiger partial charge < -0.3 is 0 Å². The molecule has 0 N–H and O–H groups in total. The van der Waals surface area contributed by atoms with Gasteiger partial charge in [0, 0.05) is 25.4 Å². The lowest BCUT2D eigenvalue weighted by atomic mass is 9.93. The maximum atomic E-state index is 12.8. The zero-order valence-electron chi connectivity index (χ0n) is 10.2. The molecule has 0 heterocycles. The highest BCUT2D eigenvalue weighted by Gasteiger charge is 2.22. The highest BCUT2D eigenvalue weighted by molar-refractivity contribution is 5.79. The van der Waals surface area contributed by atoms with E-state index in [9.17, 15) is 9.18 Å². The number of nitrogens with zero attached hydrogens (tertiary/aromatic N) is 1. The van der Waals surface area contributed by atoms with Crippen LogP contribution < -0.4 is 0 Å². The van der Waals surface area contributed by atoms with Crippen LogP contribution in [0.3, 0.4) is 0 Å². The number of hydrogen-bond donors (Lipinski definition) is 0. The Kier molecular flexibility index (Phi) is 3.89. The summed E-state index contributed by atoms with van der Waals surface area (Å²) in [4.78, 5) is 13.6. The summed E-state index contributed by atoms with van der Waals surface area (Å²) >= 11 is 0. The summed E-state index contributed by atoms with van der Waals surface area (Å²) in [5.74, 6) is 0.163. The Morgan fingerprint density at radius 2 is 2.06 bits per heavy atom. The molecule has 1 saturated carbocycles. The second-order valence-electron chi connectivity index (χ2n) is 4.83. The van der Waals surface area contributed by atoms with E-state index in [2.05, 4.69) is 4.90 Å². The zero-order chi connectivity index (χ0) is 12.3. The summed E-state index contributed by atoms with van der Waals surface area (Å²) in [5.41, 5.74) is 1.09. The summed E-state index contributed by atoms with van der Waals surface area (Å²) in [6.45, 7) is 0.776. The Labute approximate surface area is 101 Å². The number of rotatable bonds is 3. The highest BCUT2D eigenvalue weighted by atomic mass is 19.1. The van der Waals surface area contributed by atoms with E-state index in [4.69, 9.17) is 0 Å². The van der Waals surface area contributed by atoms with E-state index in [1.54, 1.807) is 12.1 Å². The molecule has 0 spiro atoms. The highest BCUT2D eigenvalue weighted by Crippen LogP contribution is 2.20. The van der Waals surface area contributed by atoms with E-state index >= 15 is 0 Å². The average Bonchev–Trinajstić information content (AvgIpc) is 2.32. The van der Waals surface area contributed by atoms with Crippen LogP contribution in [0, 0.1) is 5.82 Å². The molecular formula is C14H18FNO. The van der Waals surface area contributed by atoms with Crippen LogP contribution in [0.4, 0.5) is 4.39 Å². The van der Waals surface area contributed by atoms with Crippen LogP contribution in [0.2, 0.25) is 0 Å². The molecule has 1 aromatic rings. The van der Waals surface area contributed by atoms with Gasteiger partial charge in [-0.2, -0.15) is 0 Å². The molecule has 92 valence electrons. The van der Waals surface area contributed by atoms with Crippen LogP contribution in [-0.2, 0) is 11.3 Å². The second kappa shape index (κ2) is 5.41. The Hall–Kier alpha value is -1.22. The normalized spacial score (nSPS) is 20.9. The maximum Gasteiger partial charge on any atom is 0.134 e. The Bertz CT molecular complexity index is 388. The minimum atomic E-state index is -0.204. The van der Waals surface area contributed by atoms with Crippen molar-refractivity contribution in [3.8, 4) is 0 Å². The van der Waals surface area contributed by atoms with Crippen molar-refractivity contribution in [2.24, 2.45) is 0 Å². The molecule has 2 rings (SSSR count). The summed E-state index contributed by atoms with van der Waals surface area (Å²) in [6, 6.07) is 6.92. The standard InChI is InChI=1S/C14H18FNO/c1-16(13-3-2-4-14(17)9-13)10-11-5-7-12(15)8-6-11/h5-8,13H,2-4,9-10H2,1H3. The van der Waals surface area contributed by atoms with E-state index in [0.29, 0.717) is 18.2 Å². The van der Waals surface area contributed by atoms with Crippen molar-refractivity contribution in [2.75, 3.05) is 7.05 Å². The topological polar surface area (TPSA) is 20.3 Å². The van der Waals surface area contributed by atoms with Crippen molar-refractivity contribution in [2.45, 2.75) is 38.3 Å². The number of hydrogen-bond acceptors (Lipinski definition) is 2. The van der Waals surface area contributed by atoms with Gasteiger partial charge in [0.2, 0.25) is 0 Å². The van der Waals surface area contributed by atoms with Crippen molar-refractivity contribution in [3.63, 3.8) is 0 Å². The van der Waals surface area contributed by atoms with Crippen LogP contribution in [0.1, 0.15) is 31.2 Å². The molecule has 0 bridgehead atoms. The zero-order valence-corrected chi connectivity index (χ0v) is 10.2. The van der Waals surface area contributed by atoms with Crippen molar-refractivity contribution >= 4 is 5.78 Å². The lowest BCUT2D eigenvalue weighted by molar-refractivity contribution is -0.121. The van der Waals surface area contributed by atoms with Gasteiger partial charge in [0.15, 0.2) is 0 Å². The molecule has 0 amide bonds. The Balaban J connectivity index is 1.93. The quantitative estimate of drug-likeness (QED) is 0.803. The molecule has 2 nitrogen and oxygen atoms in total. The van der Waals surface area contributed by atoms with E-state index in [0.717, 1.165) is 31.4 Å². The number of carbonyl (C=O) groups is 1. The maximum absolute atomic E-state index is 12.8. The fourth-order valence-corrected chi connectivity index (χ4v) is 2.38. The summed E-state index contributed by atoms with van der Waals surface area (Å²) in [6.07, 6.45) is 3.49. The summed E-state index contributed by atoms with van der Waals surface area (Å²) < 4.78 is 12.8. The van der Waals surface area contributed by atoms with E-state index in [-0.39, 0.29) is 5.82 Å². The third-order valence-electron chi connectivity index (χ3n) is 3.42. The minimum absolute atomic E-state index is 0.204. The smallest absolute Gasteiger partial charge is 0.134 e.